The fourth-order valence-corrected chi connectivity index (χ4v) is 3.52. The highest BCUT2D eigenvalue weighted by Gasteiger charge is 2.19. The normalized spacial score (nSPS) is 21.1. The number of rotatable bonds is 4. The van der Waals surface area contributed by atoms with E-state index in [4.69, 9.17) is 11.5 Å². The molecule has 23 heavy (non-hydrogen) atoms. The van der Waals surface area contributed by atoms with E-state index in [1.807, 2.05) is 12.1 Å². The Morgan fingerprint density at radius 3 is 2.13 bits per heavy atom. The Bertz CT molecular complexity index is 620. The molecule has 0 heterocycles. The quantitative estimate of drug-likeness (QED) is 0.714. The molecule has 2 aromatic carbocycles. The molecule has 1 fully saturated rings. The first-order valence-electron chi connectivity index (χ1n) is 8.59. The van der Waals surface area contributed by atoms with Crippen molar-refractivity contribution in [3.8, 4) is 0 Å². The Morgan fingerprint density at radius 2 is 1.52 bits per heavy atom. The Labute approximate surface area is 139 Å². The lowest BCUT2D eigenvalue weighted by Crippen LogP contribution is -2.10. The van der Waals surface area contributed by atoms with Crippen LogP contribution in [0.15, 0.2) is 42.5 Å². The Hall–Kier alpha value is -2.16. The lowest BCUT2D eigenvalue weighted by atomic mass is 9.79. The van der Waals surface area contributed by atoms with Crippen LogP contribution in [-0.4, -0.2) is 0 Å². The molecule has 1 aliphatic rings. The van der Waals surface area contributed by atoms with Crippen LogP contribution < -0.4 is 16.8 Å². The van der Waals surface area contributed by atoms with Crippen LogP contribution in [0.4, 0.5) is 17.1 Å². The maximum Gasteiger partial charge on any atom is 0.0402 e. The second kappa shape index (κ2) is 6.95. The minimum Gasteiger partial charge on any atom is -0.399 e. The monoisotopic (exact) mass is 309 g/mol. The third-order valence-electron chi connectivity index (χ3n) is 4.93. The van der Waals surface area contributed by atoms with Crippen molar-refractivity contribution < 1.29 is 0 Å². The lowest BCUT2D eigenvalue weighted by molar-refractivity contribution is 0.348. The average molecular weight is 309 g/mol. The van der Waals surface area contributed by atoms with Gasteiger partial charge in [-0.2, -0.15) is 0 Å². The maximum absolute atomic E-state index is 5.83. The van der Waals surface area contributed by atoms with Gasteiger partial charge in [-0.15, -0.1) is 0 Å². The van der Waals surface area contributed by atoms with E-state index in [1.165, 1.54) is 31.2 Å². The van der Waals surface area contributed by atoms with Crippen molar-refractivity contribution in [2.45, 2.75) is 45.1 Å². The molecule has 5 N–H and O–H groups in total. The summed E-state index contributed by atoms with van der Waals surface area (Å²) in [4.78, 5) is 0. The van der Waals surface area contributed by atoms with E-state index in [0.717, 1.165) is 29.6 Å². The van der Waals surface area contributed by atoms with Crippen LogP contribution in [0.5, 0.6) is 0 Å². The van der Waals surface area contributed by atoms with Gasteiger partial charge >= 0.3 is 0 Å². The highest BCUT2D eigenvalue weighted by atomic mass is 14.9. The Morgan fingerprint density at radius 1 is 0.913 bits per heavy atom. The van der Waals surface area contributed by atoms with E-state index in [1.54, 1.807) is 6.07 Å². The number of hydrogen-bond donors (Lipinski definition) is 3. The summed E-state index contributed by atoms with van der Waals surface area (Å²) in [7, 11) is 0. The zero-order valence-electron chi connectivity index (χ0n) is 13.9. The Balaban J connectivity index is 1.59. The van der Waals surface area contributed by atoms with Crippen molar-refractivity contribution in [2.24, 2.45) is 5.92 Å². The van der Waals surface area contributed by atoms with Crippen molar-refractivity contribution in [1.29, 1.82) is 0 Å². The molecule has 0 amide bonds. The largest absolute Gasteiger partial charge is 0.399 e. The summed E-state index contributed by atoms with van der Waals surface area (Å²) < 4.78 is 0. The molecule has 122 valence electrons. The summed E-state index contributed by atoms with van der Waals surface area (Å²) in [5.74, 6) is 1.65. The molecule has 3 heteroatoms. The summed E-state index contributed by atoms with van der Waals surface area (Å²) in [5.41, 5.74) is 16.8. The first kappa shape index (κ1) is 15.7. The highest BCUT2D eigenvalue weighted by Crippen LogP contribution is 2.35. The molecule has 0 aromatic heterocycles. The molecule has 0 spiro atoms. The SMILES string of the molecule is CC1CCC(c2ccc(NCc3cc(N)cc(N)c3)cc2)CC1. The van der Waals surface area contributed by atoms with Gasteiger partial charge in [0.05, 0.1) is 0 Å². The molecule has 0 bridgehead atoms. The van der Waals surface area contributed by atoms with E-state index in [0.29, 0.717) is 11.4 Å². The second-order valence-electron chi connectivity index (χ2n) is 6.94. The topological polar surface area (TPSA) is 64.1 Å². The van der Waals surface area contributed by atoms with E-state index < -0.39 is 0 Å². The fraction of sp³-hybridized carbons (Fsp3) is 0.400. The van der Waals surface area contributed by atoms with Crippen LogP contribution in [0, 0.1) is 5.92 Å². The van der Waals surface area contributed by atoms with Crippen molar-refractivity contribution >= 4 is 17.1 Å². The molecule has 3 nitrogen and oxygen atoms in total. The summed E-state index contributed by atoms with van der Waals surface area (Å²) in [6.45, 7) is 3.10. The molecule has 0 radical (unpaired) electrons. The van der Waals surface area contributed by atoms with Gasteiger partial charge in [0.15, 0.2) is 0 Å². The molecule has 1 aliphatic carbocycles. The van der Waals surface area contributed by atoms with Crippen LogP contribution in [-0.2, 0) is 6.54 Å². The molecule has 0 atom stereocenters. The van der Waals surface area contributed by atoms with Crippen LogP contribution in [0.25, 0.3) is 0 Å². The van der Waals surface area contributed by atoms with E-state index in [-0.39, 0.29) is 0 Å². The third kappa shape index (κ3) is 4.19. The van der Waals surface area contributed by atoms with Crippen LogP contribution >= 0.6 is 0 Å². The van der Waals surface area contributed by atoms with E-state index >= 15 is 0 Å². The van der Waals surface area contributed by atoms with Crippen molar-refractivity contribution in [1.82, 2.24) is 0 Å². The molecule has 0 saturated heterocycles. The van der Waals surface area contributed by atoms with E-state index in [2.05, 4.69) is 36.5 Å². The van der Waals surface area contributed by atoms with Gasteiger partial charge < -0.3 is 16.8 Å². The zero-order chi connectivity index (χ0) is 16.2. The second-order valence-corrected chi connectivity index (χ2v) is 6.94. The predicted molar refractivity (Wildman–Crippen MR) is 99.4 cm³/mol. The maximum atomic E-state index is 5.83. The predicted octanol–water partition coefficient (Wildman–Crippen LogP) is 4.76. The molecule has 1 saturated carbocycles. The molecule has 0 aliphatic heterocycles. The number of benzene rings is 2. The summed E-state index contributed by atoms with van der Waals surface area (Å²) >= 11 is 0. The summed E-state index contributed by atoms with van der Waals surface area (Å²) in [5, 5.41) is 3.44. The first-order valence-corrected chi connectivity index (χ1v) is 8.59. The molecule has 3 rings (SSSR count). The van der Waals surface area contributed by atoms with Crippen LogP contribution in [0.1, 0.15) is 49.7 Å². The zero-order valence-corrected chi connectivity index (χ0v) is 13.9. The smallest absolute Gasteiger partial charge is 0.0402 e. The minimum absolute atomic E-state index is 0.712. The highest BCUT2D eigenvalue weighted by molar-refractivity contribution is 5.55. The number of nitrogens with two attached hydrogens (primary N) is 2. The fourth-order valence-electron chi connectivity index (χ4n) is 3.52. The van der Waals surface area contributed by atoms with Crippen molar-refractivity contribution in [3.63, 3.8) is 0 Å². The van der Waals surface area contributed by atoms with Gasteiger partial charge in [-0.05, 0) is 66.1 Å². The van der Waals surface area contributed by atoms with Crippen LogP contribution in [0.2, 0.25) is 0 Å². The first-order chi connectivity index (χ1) is 11.1. The number of hydrogen-bond acceptors (Lipinski definition) is 3. The summed E-state index contributed by atoms with van der Waals surface area (Å²) in [6.07, 6.45) is 5.38. The van der Waals surface area contributed by atoms with Gasteiger partial charge in [-0.25, -0.2) is 0 Å². The van der Waals surface area contributed by atoms with Crippen molar-refractivity contribution in [2.75, 3.05) is 16.8 Å². The van der Waals surface area contributed by atoms with E-state index in [9.17, 15) is 0 Å². The van der Waals surface area contributed by atoms with Gasteiger partial charge in [0.2, 0.25) is 0 Å². The van der Waals surface area contributed by atoms with Gasteiger partial charge in [0.25, 0.3) is 0 Å². The average Bonchev–Trinajstić information content (AvgIpc) is 2.53. The van der Waals surface area contributed by atoms with Gasteiger partial charge in [0.1, 0.15) is 0 Å². The number of nitrogen functional groups attached to an aromatic ring is 2. The van der Waals surface area contributed by atoms with Gasteiger partial charge in [-0.3, -0.25) is 0 Å². The number of nitrogens with one attached hydrogen (secondary N) is 1. The molecular weight excluding hydrogens is 282 g/mol. The number of anilines is 3. The molecular formula is C20H27N3. The van der Waals surface area contributed by atoms with Gasteiger partial charge in [-0.1, -0.05) is 31.9 Å². The van der Waals surface area contributed by atoms with Gasteiger partial charge in [0, 0.05) is 23.6 Å². The summed E-state index contributed by atoms with van der Waals surface area (Å²) in [6, 6.07) is 14.6. The molecule has 2 aromatic rings. The lowest BCUT2D eigenvalue weighted by Gasteiger charge is -2.26. The standard InChI is InChI=1S/C20H27N3/c1-14-2-4-16(5-3-14)17-6-8-20(9-7-17)23-13-15-10-18(21)12-19(22)11-15/h6-12,14,16,23H,2-5,13,21-22H2,1H3. The van der Waals surface area contributed by atoms with Crippen LogP contribution in [0.3, 0.4) is 0 Å². The Kier molecular flexibility index (Phi) is 4.75. The third-order valence-corrected chi connectivity index (χ3v) is 4.93. The molecule has 0 unspecified atom stereocenters. The minimum atomic E-state index is 0.712. The van der Waals surface area contributed by atoms with Crippen molar-refractivity contribution in [3.05, 3.63) is 53.6 Å².